The molecule has 0 aliphatic heterocycles. The van der Waals surface area contributed by atoms with E-state index in [-0.39, 0.29) is 13.2 Å². The van der Waals surface area contributed by atoms with E-state index in [1.807, 2.05) is 6.92 Å². The molecule has 0 bridgehead atoms. The van der Waals surface area contributed by atoms with Crippen LogP contribution < -0.4 is 10.6 Å². The number of methoxy groups -OCH3 is 1. The predicted molar refractivity (Wildman–Crippen MR) is 66.1 cm³/mol. The number of hydrogen-bond acceptors (Lipinski definition) is 5. The highest BCUT2D eigenvalue weighted by Crippen LogP contribution is 2.19. The van der Waals surface area contributed by atoms with Gasteiger partial charge in [0.05, 0.1) is 6.42 Å². The molecular formula is C11H17F3N4O. The normalized spacial score (nSPS) is 11.4. The van der Waals surface area contributed by atoms with Crippen molar-refractivity contribution in [2.24, 2.45) is 0 Å². The van der Waals surface area contributed by atoms with Crippen LogP contribution >= 0.6 is 0 Å². The minimum absolute atomic E-state index is 0.202. The van der Waals surface area contributed by atoms with Gasteiger partial charge < -0.3 is 15.4 Å². The van der Waals surface area contributed by atoms with Crippen LogP contribution in [0.3, 0.4) is 0 Å². The Morgan fingerprint density at radius 1 is 1.21 bits per heavy atom. The van der Waals surface area contributed by atoms with Crippen molar-refractivity contribution >= 4 is 11.6 Å². The van der Waals surface area contributed by atoms with Crippen LogP contribution in [0.2, 0.25) is 0 Å². The summed E-state index contributed by atoms with van der Waals surface area (Å²) < 4.78 is 41.1. The number of aromatic nitrogens is 2. The van der Waals surface area contributed by atoms with Gasteiger partial charge in [-0.3, -0.25) is 0 Å². The lowest BCUT2D eigenvalue weighted by atomic mass is 10.4. The molecule has 1 aromatic heterocycles. The maximum absolute atomic E-state index is 12.1. The molecule has 0 unspecified atom stereocenters. The van der Waals surface area contributed by atoms with Crippen molar-refractivity contribution in [3.63, 3.8) is 0 Å². The zero-order chi connectivity index (χ0) is 14.3. The van der Waals surface area contributed by atoms with Gasteiger partial charge >= 0.3 is 6.18 Å². The molecule has 0 aromatic carbocycles. The van der Waals surface area contributed by atoms with Gasteiger partial charge in [0, 0.05) is 26.3 Å². The van der Waals surface area contributed by atoms with Gasteiger partial charge in [-0.25, -0.2) is 9.97 Å². The molecule has 0 spiro atoms. The first-order valence-corrected chi connectivity index (χ1v) is 5.86. The third-order valence-electron chi connectivity index (χ3n) is 2.12. The molecule has 1 rings (SSSR count). The molecule has 0 fully saturated rings. The Morgan fingerprint density at radius 3 is 2.37 bits per heavy atom. The zero-order valence-electron chi connectivity index (χ0n) is 10.8. The van der Waals surface area contributed by atoms with E-state index < -0.39 is 12.6 Å². The minimum Gasteiger partial charge on any atom is -0.377 e. The number of nitrogens with one attached hydrogen (secondary N) is 2. The molecule has 2 N–H and O–H groups in total. The van der Waals surface area contributed by atoms with Crippen molar-refractivity contribution in [2.75, 3.05) is 30.8 Å². The molecule has 1 aromatic rings. The van der Waals surface area contributed by atoms with Gasteiger partial charge in [0.1, 0.15) is 18.2 Å². The highest BCUT2D eigenvalue weighted by Gasteiger charge is 2.26. The third-order valence-corrected chi connectivity index (χ3v) is 2.12. The monoisotopic (exact) mass is 278 g/mol. The molecule has 0 atom stereocenters. The Balaban J connectivity index is 2.69. The van der Waals surface area contributed by atoms with Crippen LogP contribution in [0.4, 0.5) is 24.8 Å². The molecule has 0 aliphatic carbocycles. The van der Waals surface area contributed by atoms with E-state index >= 15 is 0 Å². The van der Waals surface area contributed by atoms with Crippen LogP contribution in [-0.2, 0) is 11.3 Å². The summed E-state index contributed by atoms with van der Waals surface area (Å²) in [4.78, 5) is 8.23. The van der Waals surface area contributed by atoms with E-state index in [1.165, 1.54) is 7.11 Å². The van der Waals surface area contributed by atoms with Crippen LogP contribution in [-0.4, -0.2) is 36.3 Å². The van der Waals surface area contributed by atoms with E-state index in [0.717, 1.165) is 0 Å². The topological polar surface area (TPSA) is 59.1 Å². The average Bonchev–Trinajstić information content (AvgIpc) is 2.28. The molecule has 5 nitrogen and oxygen atoms in total. The summed E-state index contributed by atoms with van der Waals surface area (Å²) in [7, 11) is 1.50. The van der Waals surface area contributed by atoms with Crippen molar-refractivity contribution in [3.05, 3.63) is 11.9 Å². The Kier molecular flexibility index (Phi) is 5.81. The quantitative estimate of drug-likeness (QED) is 0.802. The van der Waals surface area contributed by atoms with Crippen molar-refractivity contribution < 1.29 is 17.9 Å². The number of hydrogen-bond donors (Lipinski definition) is 2. The number of alkyl halides is 3. The molecular weight excluding hydrogens is 261 g/mol. The summed E-state index contributed by atoms with van der Waals surface area (Å²) in [5.41, 5.74) is 0. The van der Waals surface area contributed by atoms with E-state index in [0.29, 0.717) is 24.0 Å². The van der Waals surface area contributed by atoms with E-state index in [4.69, 9.17) is 4.74 Å². The van der Waals surface area contributed by atoms with Gasteiger partial charge in [0.15, 0.2) is 5.82 Å². The van der Waals surface area contributed by atoms with Gasteiger partial charge in [0.25, 0.3) is 0 Å². The van der Waals surface area contributed by atoms with E-state index in [1.54, 1.807) is 6.07 Å². The second-order valence-electron chi connectivity index (χ2n) is 3.81. The summed E-state index contributed by atoms with van der Waals surface area (Å²) in [6.45, 7) is 2.53. The lowest BCUT2D eigenvalue weighted by molar-refractivity contribution is -0.131. The zero-order valence-corrected chi connectivity index (χ0v) is 10.8. The van der Waals surface area contributed by atoms with E-state index in [9.17, 15) is 13.2 Å². The van der Waals surface area contributed by atoms with Gasteiger partial charge in [-0.15, -0.1) is 0 Å². The average molecular weight is 278 g/mol. The van der Waals surface area contributed by atoms with E-state index in [2.05, 4.69) is 20.6 Å². The standard InChI is InChI=1S/C11H17F3N4O/c1-3-15-8-6-9(16-5-4-11(12,13)14)18-10(17-8)7-19-2/h6H,3-5,7H2,1-2H3,(H2,15,16,17,18). The molecule has 8 heteroatoms. The first kappa shape index (κ1) is 15.5. The molecule has 108 valence electrons. The molecule has 19 heavy (non-hydrogen) atoms. The fourth-order valence-corrected chi connectivity index (χ4v) is 1.39. The molecule has 0 saturated heterocycles. The second kappa shape index (κ2) is 7.13. The largest absolute Gasteiger partial charge is 0.390 e. The van der Waals surface area contributed by atoms with Crippen LogP contribution in [0.1, 0.15) is 19.2 Å². The first-order chi connectivity index (χ1) is 8.94. The Hall–Kier alpha value is -1.57. The summed E-state index contributed by atoms with van der Waals surface area (Å²) in [5.74, 6) is 1.32. The highest BCUT2D eigenvalue weighted by molar-refractivity contribution is 5.47. The number of ether oxygens (including phenoxy) is 1. The first-order valence-electron chi connectivity index (χ1n) is 5.86. The van der Waals surface area contributed by atoms with Crippen molar-refractivity contribution in [2.45, 2.75) is 26.1 Å². The van der Waals surface area contributed by atoms with Gasteiger partial charge in [-0.05, 0) is 6.92 Å². The second-order valence-corrected chi connectivity index (χ2v) is 3.81. The Labute approximate surface area is 109 Å². The molecule has 1 heterocycles. The summed E-state index contributed by atoms with van der Waals surface area (Å²) in [5, 5.41) is 5.62. The van der Waals surface area contributed by atoms with Gasteiger partial charge in [0.2, 0.25) is 0 Å². The fourth-order valence-electron chi connectivity index (χ4n) is 1.39. The van der Waals surface area contributed by atoms with Crippen LogP contribution in [0.15, 0.2) is 6.07 Å². The number of anilines is 2. The predicted octanol–water partition coefficient (Wildman–Crippen LogP) is 2.42. The molecule has 0 amide bonds. The smallest absolute Gasteiger partial charge is 0.377 e. The lowest BCUT2D eigenvalue weighted by Gasteiger charge is -2.11. The van der Waals surface area contributed by atoms with Gasteiger partial charge in [-0.2, -0.15) is 13.2 Å². The fraction of sp³-hybridized carbons (Fsp3) is 0.636. The highest BCUT2D eigenvalue weighted by atomic mass is 19.4. The van der Waals surface area contributed by atoms with Crippen molar-refractivity contribution in [1.29, 1.82) is 0 Å². The maximum atomic E-state index is 12.1. The lowest BCUT2D eigenvalue weighted by Crippen LogP contribution is -2.16. The SMILES string of the molecule is CCNc1cc(NCCC(F)(F)F)nc(COC)n1. The van der Waals surface area contributed by atoms with Crippen LogP contribution in [0, 0.1) is 0 Å². The molecule has 0 aliphatic rings. The summed E-state index contributed by atoms with van der Waals surface area (Å²) >= 11 is 0. The number of rotatable bonds is 7. The summed E-state index contributed by atoms with van der Waals surface area (Å²) in [6, 6.07) is 1.57. The Morgan fingerprint density at radius 2 is 1.84 bits per heavy atom. The van der Waals surface area contributed by atoms with Crippen LogP contribution in [0.5, 0.6) is 0 Å². The van der Waals surface area contributed by atoms with Crippen molar-refractivity contribution in [1.82, 2.24) is 9.97 Å². The van der Waals surface area contributed by atoms with Gasteiger partial charge in [-0.1, -0.05) is 0 Å². The number of halogens is 3. The molecule has 0 radical (unpaired) electrons. The van der Waals surface area contributed by atoms with Crippen LogP contribution in [0.25, 0.3) is 0 Å². The molecule has 0 saturated carbocycles. The third kappa shape index (κ3) is 6.23. The minimum atomic E-state index is -4.18. The van der Waals surface area contributed by atoms with Crippen molar-refractivity contribution in [3.8, 4) is 0 Å². The summed E-state index contributed by atoms with van der Waals surface area (Å²) in [6.07, 6.45) is -5.09. The number of nitrogens with zero attached hydrogens (tertiary/aromatic N) is 2. The Bertz CT molecular complexity index is 374. The maximum Gasteiger partial charge on any atom is 0.390 e.